The van der Waals surface area contributed by atoms with E-state index in [1.54, 1.807) is 0 Å². The predicted molar refractivity (Wildman–Crippen MR) is 79.6 cm³/mol. The van der Waals surface area contributed by atoms with E-state index >= 15 is 0 Å². The first kappa shape index (κ1) is 15.8. The van der Waals surface area contributed by atoms with E-state index in [1.807, 2.05) is 0 Å². The fourth-order valence-corrected chi connectivity index (χ4v) is 4.32. The summed E-state index contributed by atoms with van der Waals surface area (Å²) >= 11 is 0. The van der Waals surface area contributed by atoms with Gasteiger partial charge in [0.2, 0.25) is 0 Å². The molecule has 0 aliphatic heterocycles. The van der Waals surface area contributed by atoms with Crippen LogP contribution in [0.2, 0.25) is 0 Å². The first-order valence-corrected chi connectivity index (χ1v) is 8.45. The molecule has 2 rings (SSSR count). The van der Waals surface area contributed by atoms with E-state index in [2.05, 4.69) is 6.92 Å². The second kappa shape index (κ2) is 6.46. The number of rotatable bonds is 6. The molecule has 3 heteroatoms. The molecule has 0 heterocycles. The topological polar surface area (TPSA) is 57.5 Å². The fourth-order valence-electron chi connectivity index (χ4n) is 4.32. The first-order valence-electron chi connectivity index (χ1n) is 8.45. The van der Waals surface area contributed by atoms with E-state index in [1.165, 1.54) is 19.3 Å². The van der Waals surface area contributed by atoms with E-state index in [9.17, 15) is 15.0 Å². The fraction of sp³-hybridized carbons (Fsp3) is 0.941. The molecule has 116 valence electrons. The number of hydrogen-bond acceptors (Lipinski definition) is 2. The third kappa shape index (κ3) is 3.55. The molecule has 20 heavy (non-hydrogen) atoms. The van der Waals surface area contributed by atoms with E-state index in [0.29, 0.717) is 12.3 Å². The van der Waals surface area contributed by atoms with Crippen LogP contribution in [0.3, 0.4) is 0 Å². The zero-order chi connectivity index (χ0) is 14.6. The molecule has 2 saturated carbocycles. The van der Waals surface area contributed by atoms with Crippen LogP contribution in [0.25, 0.3) is 0 Å². The van der Waals surface area contributed by atoms with Crippen LogP contribution in [-0.2, 0) is 4.79 Å². The summed E-state index contributed by atoms with van der Waals surface area (Å²) in [6.45, 7) is 2.21. The lowest BCUT2D eigenvalue weighted by molar-refractivity contribution is -0.157. The highest BCUT2D eigenvalue weighted by Gasteiger charge is 2.48. The molecule has 2 aliphatic carbocycles. The summed E-state index contributed by atoms with van der Waals surface area (Å²) in [6, 6.07) is 0. The number of aliphatic carboxylic acids is 1. The largest absolute Gasteiger partial charge is 0.481 e. The van der Waals surface area contributed by atoms with Crippen molar-refractivity contribution in [2.24, 2.45) is 11.3 Å². The van der Waals surface area contributed by atoms with Crippen LogP contribution in [0.1, 0.15) is 84.0 Å². The van der Waals surface area contributed by atoms with Crippen LogP contribution < -0.4 is 0 Å². The van der Waals surface area contributed by atoms with E-state index in [4.69, 9.17) is 0 Å². The van der Waals surface area contributed by atoms with E-state index in [0.717, 1.165) is 51.4 Å². The van der Waals surface area contributed by atoms with Crippen molar-refractivity contribution in [2.45, 2.75) is 89.6 Å². The Morgan fingerprint density at radius 2 is 1.75 bits per heavy atom. The van der Waals surface area contributed by atoms with Gasteiger partial charge in [-0.1, -0.05) is 39.0 Å². The van der Waals surface area contributed by atoms with Gasteiger partial charge in [-0.2, -0.15) is 0 Å². The first-order chi connectivity index (χ1) is 9.50. The Kier molecular flexibility index (Phi) is 5.11. The Balaban J connectivity index is 1.96. The molecule has 2 aliphatic rings. The van der Waals surface area contributed by atoms with Crippen LogP contribution in [0.4, 0.5) is 0 Å². The minimum absolute atomic E-state index is 0.482. The molecule has 0 saturated heterocycles. The van der Waals surface area contributed by atoms with Crippen molar-refractivity contribution in [3.8, 4) is 0 Å². The Morgan fingerprint density at radius 1 is 1.15 bits per heavy atom. The highest BCUT2D eigenvalue weighted by molar-refractivity contribution is 5.75. The van der Waals surface area contributed by atoms with Gasteiger partial charge in [0, 0.05) is 0 Å². The third-order valence-electron chi connectivity index (χ3n) is 5.68. The SMILES string of the molecule is CCCCC1CCC(CC2(O)CCCC2)(C(=O)O)CC1. The summed E-state index contributed by atoms with van der Waals surface area (Å²) in [4.78, 5) is 11.8. The lowest BCUT2D eigenvalue weighted by Crippen LogP contribution is -2.42. The van der Waals surface area contributed by atoms with Gasteiger partial charge in [0.25, 0.3) is 0 Å². The number of unbranched alkanes of at least 4 members (excludes halogenated alkanes) is 1. The Morgan fingerprint density at radius 3 is 2.25 bits per heavy atom. The highest BCUT2D eigenvalue weighted by atomic mass is 16.4. The van der Waals surface area contributed by atoms with Crippen molar-refractivity contribution < 1.29 is 15.0 Å². The highest BCUT2D eigenvalue weighted by Crippen LogP contribution is 2.48. The predicted octanol–water partition coefficient (Wildman–Crippen LogP) is 4.13. The molecule has 2 fully saturated rings. The van der Waals surface area contributed by atoms with Gasteiger partial charge in [0.1, 0.15) is 0 Å². The maximum Gasteiger partial charge on any atom is 0.309 e. The normalized spacial score (nSPS) is 33.2. The number of carboxylic acid groups (broad SMARTS) is 1. The average molecular weight is 282 g/mol. The van der Waals surface area contributed by atoms with E-state index < -0.39 is 17.0 Å². The molecule has 0 bridgehead atoms. The molecule has 0 radical (unpaired) electrons. The van der Waals surface area contributed by atoms with Gasteiger partial charge in [-0.05, 0) is 50.9 Å². The molecular weight excluding hydrogens is 252 g/mol. The van der Waals surface area contributed by atoms with Crippen molar-refractivity contribution in [3.63, 3.8) is 0 Å². The van der Waals surface area contributed by atoms with Gasteiger partial charge in [-0.15, -0.1) is 0 Å². The van der Waals surface area contributed by atoms with Crippen molar-refractivity contribution in [1.29, 1.82) is 0 Å². The number of carbonyl (C=O) groups is 1. The molecule has 2 N–H and O–H groups in total. The second-order valence-corrected chi connectivity index (χ2v) is 7.28. The van der Waals surface area contributed by atoms with E-state index in [-0.39, 0.29) is 0 Å². The number of aliphatic hydroxyl groups is 1. The molecule has 0 aromatic rings. The molecule has 0 aromatic heterocycles. The van der Waals surface area contributed by atoms with Crippen molar-refractivity contribution in [1.82, 2.24) is 0 Å². The molecule has 0 atom stereocenters. The standard InChI is InChI=1S/C17H30O3/c1-2-3-6-14-7-11-16(12-8-14,15(18)19)13-17(20)9-4-5-10-17/h14,20H,2-13H2,1H3,(H,18,19). The number of hydrogen-bond donors (Lipinski definition) is 2. The summed E-state index contributed by atoms with van der Waals surface area (Å²) in [6.07, 6.45) is 11.5. The van der Waals surface area contributed by atoms with Crippen molar-refractivity contribution in [3.05, 3.63) is 0 Å². The summed E-state index contributed by atoms with van der Waals surface area (Å²) in [5.41, 5.74) is -1.35. The second-order valence-electron chi connectivity index (χ2n) is 7.28. The van der Waals surface area contributed by atoms with Crippen LogP contribution in [0, 0.1) is 11.3 Å². The zero-order valence-corrected chi connectivity index (χ0v) is 12.9. The lowest BCUT2D eigenvalue weighted by Gasteiger charge is -2.41. The minimum atomic E-state index is -0.700. The van der Waals surface area contributed by atoms with Crippen molar-refractivity contribution in [2.75, 3.05) is 0 Å². The minimum Gasteiger partial charge on any atom is -0.481 e. The Hall–Kier alpha value is -0.570. The summed E-state index contributed by atoms with van der Waals surface area (Å²) < 4.78 is 0. The Labute approximate surface area is 122 Å². The zero-order valence-electron chi connectivity index (χ0n) is 12.9. The van der Waals surface area contributed by atoms with Gasteiger partial charge in [-0.25, -0.2) is 0 Å². The molecular formula is C17H30O3. The number of carboxylic acids is 1. The lowest BCUT2D eigenvalue weighted by atomic mass is 9.64. The van der Waals surface area contributed by atoms with Crippen LogP contribution in [-0.4, -0.2) is 21.8 Å². The molecule has 0 unspecified atom stereocenters. The summed E-state index contributed by atoms with van der Waals surface area (Å²) in [7, 11) is 0. The van der Waals surface area contributed by atoms with Gasteiger partial charge >= 0.3 is 5.97 Å². The monoisotopic (exact) mass is 282 g/mol. The molecule has 0 spiro atoms. The van der Waals surface area contributed by atoms with Gasteiger partial charge in [0.15, 0.2) is 0 Å². The smallest absolute Gasteiger partial charge is 0.309 e. The van der Waals surface area contributed by atoms with Crippen LogP contribution in [0.5, 0.6) is 0 Å². The maximum atomic E-state index is 11.8. The quantitative estimate of drug-likeness (QED) is 0.770. The van der Waals surface area contributed by atoms with Crippen molar-refractivity contribution >= 4 is 5.97 Å². The average Bonchev–Trinajstić information content (AvgIpc) is 2.84. The molecule has 3 nitrogen and oxygen atoms in total. The molecule has 0 aromatic carbocycles. The third-order valence-corrected chi connectivity index (χ3v) is 5.68. The Bertz CT molecular complexity index is 323. The van der Waals surface area contributed by atoms with Gasteiger partial charge in [-0.3, -0.25) is 4.79 Å². The molecule has 0 amide bonds. The van der Waals surface area contributed by atoms with Gasteiger partial charge in [0.05, 0.1) is 11.0 Å². The maximum absolute atomic E-state index is 11.8. The van der Waals surface area contributed by atoms with Crippen LogP contribution >= 0.6 is 0 Å². The van der Waals surface area contributed by atoms with Crippen LogP contribution in [0.15, 0.2) is 0 Å². The summed E-state index contributed by atoms with van der Waals surface area (Å²) in [5.74, 6) is 0.0346. The van der Waals surface area contributed by atoms with Gasteiger partial charge < -0.3 is 10.2 Å². The summed E-state index contributed by atoms with van der Waals surface area (Å²) in [5, 5.41) is 20.3.